The van der Waals surface area contributed by atoms with Gasteiger partial charge in [-0.2, -0.15) is 0 Å². The molecule has 1 fully saturated rings. The van der Waals surface area contributed by atoms with Gasteiger partial charge in [-0.05, 0) is 25.7 Å². The number of aryl methyl sites for hydroxylation is 1. The zero-order valence-electron chi connectivity index (χ0n) is 10.0. The van der Waals surface area contributed by atoms with Gasteiger partial charge in [-0.25, -0.2) is 9.78 Å². The number of hydrogen-bond acceptors (Lipinski definition) is 4. The molecule has 0 aliphatic heterocycles. The van der Waals surface area contributed by atoms with Gasteiger partial charge in [0.05, 0.1) is 0 Å². The van der Waals surface area contributed by atoms with Crippen LogP contribution in [0, 0.1) is 12.8 Å². The van der Waals surface area contributed by atoms with Crippen molar-refractivity contribution >= 4 is 28.5 Å². The SMILES string of the molecule is Cc1cnc(NC(=O)N(CC(=O)O)CC2CC2)s1. The van der Waals surface area contributed by atoms with Crippen LogP contribution in [0.2, 0.25) is 0 Å². The van der Waals surface area contributed by atoms with Crippen molar-refractivity contribution in [3.63, 3.8) is 0 Å². The fourth-order valence-electron chi connectivity index (χ4n) is 1.58. The molecule has 1 heterocycles. The molecular weight excluding hydrogens is 254 g/mol. The fourth-order valence-corrected chi connectivity index (χ4v) is 2.23. The summed E-state index contributed by atoms with van der Waals surface area (Å²) in [5.74, 6) is -0.547. The molecule has 98 valence electrons. The summed E-state index contributed by atoms with van der Waals surface area (Å²) >= 11 is 1.37. The number of aliphatic carboxylic acids is 1. The summed E-state index contributed by atoms with van der Waals surface area (Å²) < 4.78 is 0. The van der Waals surface area contributed by atoms with Crippen LogP contribution in [-0.4, -0.2) is 40.1 Å². The number of carboxylic acid groups (broad SMARTS) is 1. The molecular formula is C11H15N3O3S. The molecule has 2 N–H and O–H groups in total. The minimum atomic E-state index is -0.999. The van der Waals surface area contributed by atoms with E-state index < -0.39 is 12.0 Å². The van der Waals surface area contributed by atoms with Crippen LogP contribution in [0.4, 0.5) is 9.93 Å². The van der Waals surface area contributed by atoms with E-state index in [2.05, 4.69) is 10.3 Å². The Morgan fingerprint density at radius 1 is 1.61 bits per heavy atom. The molecule has 0 unspecified atom stereocenters. The Balaban J connectivity index is 1.95. The molecule has 18 heavy (non-hydrogen) atoms. The van der Waals surface area contributed by atoms with Crippen molar-refractivity contribution in [1.29, 1.82) is 0 Å². The quantitative estimate of drug-likeness (QED) is 0.853. The molecule has 0 aromatic carbocycles. The lowest BCUT2D eigenvalue weighted by Crippen LogP contribution is -2.40. The highest BCUT2D eigenvalue weighted by atomic mass is 32.1. The number of nitrogens with zero attached hydrogens (tertiary/aromatic N) is 2. The number of thiazole rings is 1. The molecule has 2 amide bonds. The van der Waals surface area contributed by atoms with Gasteiger partial charge in [0.2, 0.25) is 0 Å². The number of carbonyl (C=O) groups excluding carboxylic acids is 1. The Morgan fingerprint density at radius 2 is 2.33 bits per heavy atom. The second kappa shape index (κ2) is 5.34. The van der Waals surface area contributed by atoms with Gasteiger partial charge in [-0.3, -0.25) is 10.1 Å². The number of carbonyl (C=O) groups is 2. The summed E-state index contributed by atoms with van der Waals surface area (Å²) in [7, 11) is 0. The van der Waals surface area contributed by atoms with E-state index in [1.54, 1.807) is 6.20 Å². The summed E-state index contributed by atoms with van der Waals surface area (Å²) in [6.45, 7) is 2.13. The molecule has 1 saturated carbocycles. The zero-order valence-corrected chi connectivity index (χ0v) is 10.9. The van der Waals surface area contributed by atoms with Crippen molar-refractivity contribution in [2.75, 3.05) is 18.4 Å². The average molecular weight is 269 g/mol. The van der Waals surface area contributed by atoms with Crippen molar-refractivity contribution in [2.24, 2.45) is 5.92 Å². The van der Waals surface area contributed by atoms with Crippen LogP contribution in [0.15, 0.2) is 6.20 Å². The highest BCUT2D eigenvalue weighted by Crippen LogP contribution is 2.30. The highest BCUT2D eigenvalue weighted by molar-refractivity contribution is 7.15. The Kier molecular flexibility index (Phi) is 3.81. The number of rotatable bonds is 5. The number of aromatic nitrogens is 1. The first-order chi connectivity index (χ1) is 8.54. The summed E-state index contributed by atoms with van der Waals surface area (Å²) in [5.41, 5.74) is 0. The summed E-state index contributed by atoms with van der Waals surface area (Å²) in [6, 6.07) is -0.390. The van der Waals surface area contributed by atoms with Gasteiger partial charge in [0.15, 0.2) is 5.13 Å². The summed E-state index contributed by atoms with van der Waals surface area (Å²) in [5, 5.41) is 11.9. The lowest BCUT2D eigenvalue weighted by molar-refractivity contribution is -0.137. The number of anilines is 1. The summed E-state index contributed by atoms with van der Waals surface area (Å²) in [4.78, 5) is 29.0. The van der Waals surface area contributed by atoms with E-state index in [0.717, 1.165) is 17.7 Å². The van der Waals surface area contributed by atoms with Gasteiger partial charge in [-0.15, -0.1) is 11.3 Å². The van der Waals surface area contributed by atoms with Crippen molar-refractivity contribution in [2.45, 2.75) is 19.8 Å². The Bertz CT molecular complexity index is 456. The molecule has 0 radical (unpaired) electrons. The van der Waals surface area contributed by atoms with Crippen LogP contribution in [0.5, 0.6) is 0 Å². The van der Waals surface area contributed by atoms with Crippen LogP contribution in [0.25, 0.3) is 0 Å². The topological polar surface area (TPSA) is 82.5 Å². The van der Waals surface area contributed by atoms with E-state index in [-0.39, 0.29) is 6.54 Å². The lowest BCUT2D eigenvalue weighted by Gasteiger charge is -2.20. The summed E-state index contributed by atoms with van der Waals surface area (Å²) in [6.07, 6.45) is 3.81. The van der Waals surface area contributed by atoms with Crippen molar-refractivity contribution < 1.29 is 14.7 Å². The Labute approximate surface area is 109 Å². The van der Waals surface area contributed by atoms with Gasteiger partial charge in [-0.1, -0.05) is 0 Å². The van der Waals surface area contributed by atoms with E-state index in [4.69, 9.17) is 5.11 Å². The third-order valence-electron chi connectivity index (χ3n) is 2.62. The maximum Gasteiger partial charge on any atom is 0.324 e. The van der Waals surface area contributed by atoms with Crippen LogP contribution >= 0.6 is 11.3 Å². The molecule has 0 saturated heterocycles. The molecule has 7 heteroatoms. The smallest absolute Gasteiger partial charge is 0.324 e. The molecule has 0 atom stereocenters. The number of carboxylic acids is 1. The Morgan fingerprint density at radius 3 is 2.83 bits per heavy atom. The van der Waals surface area contributed by atoms with Gasteiger partial charge in [0, 0.05) is 17.6 Å². The normalized spacial score (nSPS) is 14.3. The Hall–Kier alpha value is -1.63. The van der Waals surface area contributed by atoms with E-state index >= 15 is 0 Å². The van der Waals surface area contributed by atoms with Crippen LogP contribution < -0.4 is 5.32 Å². The maximum absolute atomic E-state index is 11.9. The average Bonchev–Trinajstić information content (AvgIpc) is 3.00. The third-order valence-corrected chi connectivity index (χ3v) is 3.45. The molecule has 6 nitrogen and oxygen atoms in total. The monoisotopic (exact) mass is 269 g/mol. The fraction of sp³-hybridized carbons (Fsp3) is 0.545. The van der Waals surface area contributed by atoms with E-state index in [0.29, 0.717) is 17.6 Å². The lowest BCUT2D eigenvalue weighted by atomic mass is 10.4. The first-order valence-corrected chi connectivity index (χ1v) is 6.56. The van der Waals surface area contributed by atoms with Crippen LogP contribution in [0.1, 0.15) is 17.7 Å². The molecule has 1 aliphatic carbocycles. The number of amides is 2. The van der Waals surface area contributed by atoms with Crippen LogP contribution in [-0.2, 0) is 4.79 Å². The predicted octanol–water partition coefficient (Wildman–Crippen LogP) is 1.78. The van der Waals surface area contributed by atoms with Crippen molar-refractivity contribution in [3.8, 4) is 0 Å². The number of urea groups is 1. The molecule has 0 spiro atoms. The molecule has 0 bridgehead atoms. The van der Waals surface area contributed by atoms with E-state index in [9.17, 15) is 9.59 Å². The zero-order chi connectivity index (χ0) is 13.1. The molecule has 1 aromatic rings. The first-order valence-electron chi connectivity index (χ1n) is 5.74. The van der Waals surface area contributed by atoms with Crippen molar-refractivity contribution in [3.05, 3.63) is 11.1 Å². The highest BCUT2D eigenvalue weighted by Gasteiger charge is 2.28. The number of hydrogen-bond donors (Lipinski definition) is 2. The molecule has 1 aliphatic rings. The minimum absolute atomic E-state index is 0.271. The molecule has 1 aromatic heterocycles. The van der Waals surface area contributed by atoms with Gasteiger partial charge >= 0.3 is 12.0 Å². The second-order valence-electron chi connectivity index (χ2n) is 4.42. The molecule has 2 rings (SSSR count). The van der Waals surface area contributed by atoms with Crippen LogP contribution in [0.3, 0.4) is 0 Å². The van der Waals surface area contributed by atoms with Gasteiger partial charge in [0.25, 0.3) is 0 Å². The standard InChI is InChI=1S/C11H15N3O3S/c1-7-4-12-10(18-7)13-11(17)14(6-9(15)16)5-8-2-3-8/h4,8H,2-3,5-6H2,1H3,(H,15,16)(H,12,13,17). The van der Waals surface area contributed by atoms with E-state index in [1.165, 1.54) is 16.2 Å². The third kappa shape index (κ3) is 3.69. The predicted molar refractivity (Wildman–Crippen MR) is 67.8 cm³/mol. The van der Waals surface area contributed by atoms with Crippen molar-refractivity contribution in [1.82, 2.24) is 9.88 Å². The van der Waals surface area contributed by atoms with Gasteiger partial charge < -0.3 is 10.0 Å². The minimum Gasteiger partial charge on any atom is -0.480 e. The number of nitrogens with one attached hydrogen (secondary N) is 1. The van der Waals surface area contributed by atoms with Gasteiger partial charge in [0.1, 0.15) is 6.54 Å². The first kappa shape index (κ1) is 12.8. The van der Waals surface area contributed by atoms with E-state index in [1.807, 2.05) is 6.92 Å². The maximum atomic E-state index is 11.9. The second-order valence-corrected chi connectivity index (χ2v) is 5.66. The largest absolute Gasteiger partial charge is 0.480 e.